The molecular weight excluding hydrogens is 306 g/mol. The van der Waals surface area contributed by atoms with Crippen molar-refractivity contribution in [1.82, 2.24) is 10.2 Å². The predicted octanol–water partition coefficient (Wildman–Crippen LogP) is 2.52. The normalized spacial score (nSPS) is 17.5. The van der Waals surface area contributed by atoms with E-state index in [0.717, 1.165) is 5.56 Å². The van der Waals surface area contributed by atoms with Crippen LogP contribution in [0.1, 0.15) is 28.5 Å². The number of Topliss-reactive ketones (excluding diaryl/α,β-unsaturated/α-hetero) is 1. The molecule has 6 nitrogen and oxygen atoms in total. The average Bonchev–Trinajstić information content (AvgIpc) is 2.78. The number of carbonyl (C=O) groups excluding carboxylic acids is 2. The molecular formula is C18H17N3O3. The van der Waals surface area contributed by atoms with Crippen LogP contribution in [0.25, 0.3) is 0 Å². The molecule has 3 rings (SSSR count). The Morgan fingerprint density at radius 1 is 1.08 bits per heavy atom. The van der Waals surface area contributed by atoms with Crippen molar-refractivity contribution in [3.63, 3.8) is 0 Å². The summed E-state index contributed by atoms with van der Waals surface area (Å²) in [7, 11) is 0. The molecule has 2 heterocycles. The van der Waals surface area contributed by atoms with Crippen molar-refractivity contribution in [2.75, 3.05) is 4.90 Å². The number of aliphatic hydroxyl groups is 1. The molecule has 2 aromatic rings. The molecule has 6 heteroatoms. The Bertz CT molecular complexity index is 839. The fraction of sp³-hybridized carbons (Fsp3) is 0.222. The summed E-state index contributed by atoms with van der Waals surface area (Å²) in [6, 6.07) is 9.74. The molecule has 1 aliphatic rings. The summed E-state index contributed by atoms with van der Waals surface area (Å²) in [6.07, 6.45) is 0. The minimum absolute atomic E-state index is 0.0752. The molecule has 122 valence electrons. The molecule has 0 saturated heterocycles. The monoisotopic (exact) mass is 323 g/mol. The molecule has 1 aliphatic heterocycles. The van der Waals surface area contributed by atoms with Gasteiger partial charge >= 0.3 is 0 Å². The maximum atomic E-state index is 12.7. The Kier molecular flexibility index (Phi) is 3.89. The molecule has 1 amide bonds. The van der Waals surface area contributed by atoms with Crippen LogP contribution in [0.5, 0.6) is 0 Å². The van der Waals surface area contributed by atoms with Gasteiger partial charge in [0.05, 0.1) is 17.3 Å². The standard InChI is InChI=1S/C18H17N3O3/c1-10-4-7-13(8-5-10)16(22)15-12(3)21(18(24)17(15)23)14-9-6-11(2)19-20-14/h4-9,12,23H,1-3H3. The molecule has 0 fully saturated rings. The van der Waals surface area contributed by atoms with Gasteiger partial charge in [0.25, 0.3) is 5.91 Å². The third-order valence-electron chi connectivity index (χ3n) is 4.07. The number of hydrogen-bond acceptors (Lipinski definition) is 5. The average molecular weight is 323 g/mol. The van der Waals surface area contributed by atoms with E-state index in [1.165, 1.54) is 4.90 Å². The summed E-state index contributed by atoms with van der Waals surface area (Å²) >= 11 is 0. The second kappa shape index (κ2) is 5.88. The zero-order valence-electron chi connectivity index (χ0n) is 13.6. The van der Waals surface area contributed by atoms with E-state index in [0.29, 0.717) is 17.1 Å². The van der Waals surface area contributed by atoms with Gasteiger partial charge in [-0.05, 0) is 32.9 Å². The Morgan fingerprint density at radius 2 is 1.75 bits per heavy atom. The van der Waals surface area contributed by atoms with Crippen molar-refractivity contribution >= 4 is 17.5 Å². The van der Waals surface area contributed by atoms with E-state index in [-0.39, 0.29) is 11.4 Å². The van der Waals surface area contributed by atoms with Crippen molar-refractivity contribution in [2.45, 2.75) is 26.8 Å². The smallest absolute Gasteiger partial charge is 0.295 e. The second-order valence-corrected chi connectivity index (χ2v) is 5.84. The van der Waals surface area contributed by atoms with Crippen LogP contribution >= 0.6 is 0 Å². The van der Waals surface area contributed by atoms with Gasteiger partial charge in [0.15, 0.2) is 17.4 Å². The van der Waals surface area contributed by atoms with Gasteiger partial charge in [0, 0.05) is 5.56 Å². The van der Waals surface area contributed by atoms with Crippen LogP contribution < -0.4 is 4.90 Å². The lowest BCUT2D eigenvalue weighted by molar-refractivity contribution is -0.117. The summed E-state index contributed by atoms with van der Waals surface area (Å²) < 4.78 is 0. The van der Waals surface area contributed by atoms with E-state index < -0.39 is 17.7 Å². The van der Waals surface area contributed by atoms with Gasteiger partial charge in [-0.3, -0.25) is 14.5 Å². The first-order valence-electron chi connectivity index (χ1n) is 7.58. The summed E-state index contributed by atoms with van der Waals surface area (Å²) in [6.45, 7) is 5.39. The maximum Gasteiger partial charge on any atom is 0.295 e. The number of ketones is 1. The second-order valence-electron chi connectivity index (χ2n) is 5.84. The van der Waals surface area contributed by atoms with Gasteiger partial charge in [-0.15, -0.1) is 5.10 Å². The fourth-order valence-electron chi connectivity index (χ4n) is 2.71. The topological polar surface area (TPSA) is 83.4 Å². The number of hydrogen-bond donors (Lipinski definition) is 1. The molecule has 1 atom stereocenters. The number of rotatable bonds is 3. The van der Waals surface area contributed by atoms with Gasteiger partial charge < -0.3 is 5.11 Å². The third-order valence-corrected chi connectivity index (χ3v) is 4.07. The number of aliphatic hydroxyl groups excluding tert-OH is 1. The largest absolute Gasteiger partial charge is 0.503 e. The molecule has 0 bridgehead atoms. The van der Waals surface area contributed by atoms with Crippen LogP contribution in [-0.4, -0.2) is 33.0 Å². The minimum Gasteiger partial charge on any atom is -0.503 e. The Morgan fingerprint density at radius 3 is 2.33 bits per heavy atom. The van der Waals surface area contributed by atoms with Crippen molar-refractivity contribution < 1.29 is 14.7 Å². The maximum absolute atomic E-state index is 12.7. The highest BCUT2D eigenvalue weighted by Crippen LogP contribution is 2.30. The highest BCUT2D eigenvalue weighted by molar-refractivity contribution is 6.20. The lowest BCUT2D eigenvalue weighted by Gasteiger charge is -2.21. The highest BCUT2D eigenvalue weighted by atomic mass is 16.3. The quantitative estimate of drug-likeness (QED) is 0.878. The van der Waals surface area contributed by atoms with Gasteiger partial charge in [0.1, 0.15) is 0 Å². The third kappa shape index (κ3) is 2.56. The zero-order valence-corrected chi connectivity index (χ0v) is 13.6. The minimum atomic E-state index is -0.642. The van der Waals surface area contributed by atoms with Crippen LogP contribution in [-0.2, 0) is 4.79 Å². The molecule has 24 heavy (non-hydrogen) atoms. The number of nitrogens with zero attached hydrogens (tertiary/aromatic N) is 3. The highest BCUT2D eigenvalue weighted by Gasteiger charge is 2.41. The van der Waals surface area contributed by atoms with Crippen LogP contribution in [0, 0.1) is 13.8 Å². The summed E-state index contributed by atoms with van der Waals surface area (Å²) in [5.74, 6) is -1.24. The summed E-state index contributed by atoms with van der Waals surface area (Å²) in [5, 5.41) is 18.1. The SMILES string of the molecule is Cc1ccc(C(=O)C2=C(O)C(=O)N(c3ccc(C)nn3)C2C)cc1. The molecule has 0 spiro atoms. The first-order valence-corrected chi connectivity index (χ1v) is 7.58. The Hall–Kier alpha value is -3.02. The van der Waals surface area contributed by atoms with Crippen molar-refractivity contribution in [2.24, 2.45) is 0 Å². The number of benzene rings is 1. The van der Waals surface area contributed by atoms with Crippen LogP contribution in [0.3, 0.4) is 0 Å². The van der Waals surface area contributed by atoms with E-state index in [2.05, 4.69) is 10.2 Å². The van der Waals surface area contributed by atoms with Gasteiger partial charge in [-0.1, -0.05) is 29.8 Å². The Labute approximate surface area is 139 Å². The lowest BCUT2D eigenvalue weighted by atomic mass is 9.98. The zero-order chi connectivity index (χ0) is 17.4. The van der Waals surface area contributed by atoms with E-state index in [9.17, 15) is 14.7 Å². The molecule has 1 unspecified atom stereocenters. The van der Waals surface area contributed by atoms with Gasteiger partial charge in [-0.25, -0.2) is 0 Å². The van der Waals surface area contributed by atoms with Gasteiger partial charge in [0.2, 0.25) is 0 Å². The number of carbonyl (C=O) groups is 2. The molecule has 0 saturated carbocycles. The van der Waals surface area contributed by atoms with Gasteiger partial charge in [-0.2, -0.15) is 5.10 Å². The number of amides is 1. The van der Waals surface area contributed by atoms with Crippen molar-refractivity contribution in [3.05, 3.63) is 64.6 Å². The number of aromatic nitrogens is 2. The van der Waals surface area contributed by atoms with E-state index in [1.54, 1.807) is 38.1 Å². The van der Waals surface area contributed by atoms with Crippen LogP contribution in [0.15, 0.2) is 47.7 Å². The van der Waals surface area contributed by atoms with Crippen molar-refractivity contribution in [1.29, 1.82) is 0 Å². The number of anilines is 1. The lowest BCUT2D eigenvalue weighted by Crippen LogP contribution is -2.35. The number of aryl methyl sites for hydroxylation is 2. The predicted molar refractivity (Wildman–Crippen MR) is 88.9 cm³/mol. The summed E-state index contributed by atoms with van der Waals surface area (Å²) in [4.78, 5) is 26.4. The first kappa shape index (κ1) is 15.9. The molecule has 0 aliphatic carbocycles. The van der Waals surface area contributed by atoms with E-state index >= 15 is 0 Å². The Balaban J connectivity index is 1.97. The van der Waals surface area contributed by atoms with Crippen LogP contribution in [0.2, 0.25) is 0 Å². The molecule has 1 aromatic heterocycles. The van der Waals surface area contributed by atoms with E-state index in [1.807, 2.05) is 19.1 Å². The fourth-order valence-corrected chi connectivity index (χ4v) is 2.71. The van der Waals surface area contributed by atoms with Crippen LogP contribution in [0.4, 0.5) is 5.82 Å². The van der Waals surface area contributed by atoms with E-state index in [4.69, 9.17) is 0 Å². The summed E-state index contributed by atoms with van der Waals surface area (Å²) in [5.41, 5.74) is 2.24. The molecule has 0 radical (unpaired) electrons. The first-order chi connectivity index (χ1) is 11.4. The van der Waals surface area contributed by atoms with Crippen molar-refractivity contribution in [3.8, 4) is 0 Å². The molecule has 1 N–H and O–H groups in total. The molecule has 1 aromatic carbocycles.